The van der Waals surface area contributed by atoms with E-state index >= 15 is 0 Å². The van der Waals surface area contributed by atoms with Gasteiger partial charge < -0.3 is 18.9 Å². The molecule has 0 radical (unpaired) electrons. The zero-order valence-electron chi connectivity index (χ0n) is 13.8. The van der Waals surface area contributed by atoms with E-state index in [4.69, 9.17) is 18.9 Å². The van der Waals surface area contributed by atoms with Crippen molar-refractivity contribution in [2.45, 2.75) is 0 Å². The number of fused-ring (bicyclic) bond motifs is 1. The molecule has 0 fully saturated rings. The molecule has 0 saturated heterocycles. The third kappa shape index (κ3) is 3.47. The Morgan fingerprint density at radius 2 is 1.84 bits per heavy atom. The van der Waals surface area contributed by atoms with Crippen molar-refractivity contribution in [2.24, 2.45) is 0 Å². The van der Waals surface area contributed by atoms with E-state index in [1.807, 2.05) is 0 Å². The second-order valence-corrected chi connectivity index (χ2v) is 5.22. The van der Waals surface area contributed by atoms with Gasteiger partial charge in [0.05, 0.1) is 14.2 Å². The third-order valence-electron chi connectivity index (χ3n) is 3.69. The maximum Gasteiger partial charge on any atom is 0.341 e. The van der Waals surface area contributed by atoms with Crippen LogP contribution in [0.3, 0.4) is 0 Å². The molecule has 128 valence electrons. The Kier molecular flexibility index (Phi) is 4.70. The number of benzene rings is 2. The van der Waals surface area contributed by atoms with Gasteiger partial charge >= 0.3 is 5.97 Å². The first-order valence-electron chi connectivity index (χ1n) is 7.51. The average Bonchev–Trinajstić information content (AvgIpc) is 3.12. The van der Waals surface area contributed by atoms with Gasteiger partial charge in [-0.15, -0.1) is 0 Å². The van der Waals surface area contributed by atoms with Crippen LogP contribution in [0.1, 0.15) is 15.9 Å². The molecule has 0 amide bonds. The number of ketones is 1. The van der Waals surface area contributed by atoms with E-state index in [9.17, 15) is 9.59 Å². The lowest BCUT2D eigenvalue weighted by atomic mass is 10.0. The van der Waals surface area contributed by atoms with Gasteiger partial charge in [-0.1, -0.05) is 12.1 Å². The van der Waals surface area contributed by atoms with Gasteiger partial charge in [0.25, 0.3) is 0 Å². The standard InChI is InChI=1S/C19H16O6/c1-22-14-5-3-4-12(8-14)9-15(19(21)23-2)18(20)13-6-7-16-17(10-13)25-11-24-16/h3-10H,11H2,1-2H3/b15-9-. The molecule has 0 bridgehead atoms. The highest BCUT2D eigenvalue weighted by atomic mass is 16.7. The number of ether oxygens (including phenoxy) is 4. The summed E-state index contributed by atoms with van der Waals surface area (Å²) >= 11 is 0. The topological polar surface area (TPSA) is 71.1 Å². The summed E-state index contributed by atoms with van der Waals surface area (Å²) in [5, 5.41) is 0. The van der Waals surface area contributed by atoms with Gasteiger partial charge in [-0.2, -0.15) is 0 Å². The highest BCUT2D eigenvalue weighted by Crippen LogP contribution is 2.33. The minimum atomic E-state index is -0.717. The van der Waals surface area contributed by atoms with Crippen molar-refractivity contribution in [1.29, 1.82) is 0 Å². The summed E-state index contributed by atoms with van der Waals surface area (Å²) in [6.45, 7) is 0.108. The summed E-state index contributed by atoms with van der Waals surface area (Å²) in [7, 11) is 2.77. The van der Waals surface area contributed by atoms with E-state index in [0.717, 1.165) is 0 Å². The summed E-state index contributed by atoms with van der Waals surface area (Å²) in [5.41, 5.74) is 0.868. The van der Waals surface area contributed by atoms with Gasteiger partial charge in [-0.25, -0.2) is 4.79 Å². The summed E-state index contributed by atoms with van der Waals surface area (Å²) in [5.74, 6) is 0.469. The van der Waals surface area contributed by atoms with Crippen molar-refractivity contribution in [1.82, 2.24) is 0 Å². The molecule has 1 aliphatic rings. The first-order valence-corrected chi connectivity index (χ1v) is 7.51. The Hall–Kier alpha value is -3.28. The fourth-order valence-electron chi connectivity index (χ4n) is 2.42. The van der Waals surface area contributed by atoms with E-state index in [1.54, 1.807) is 49.6 Å². The maximum absolute atomic E-state index is 12.8. The molecule has 0 unspecified atom stereocenters. The van der Waals surface area contributed by atoms with Crippen molar-refractivity contribution in [3.05, 3.63) is 59.2 Å². The van der Waals surface area contributed by atoms with Crippen LogP contribution in [0.25, 0.3) is 6.08 Å². The largest absolute Gasteiger partial charge is 0.497 e. The number of carbonyl (C=O) groups is 2. The summed E-state index contributed by atoms with van der Waals surface area (Å²) < 4.78 is 20.4. The molecule has 0 spiro atoms. The highest BCUT2D eigenvalue weighted by molar-refractivity contribution is 6.27. The van der Waals surface area contributed by atoms with E-state index in [-0.39, 0.29) is 12.4 Å². The van der Waals surface area contributed by atoms with Crippen molar-refractivity contribution in [3.8, 4) is 17.2 Å². The molecule has 2 aromatic rings. The molecule has 0 atom stereocenters. The molecule has 6 nitrogen and oxygen atoms in total. The maximum atomic E-state index is 12.8. The average molecular weight is 340 g/mol. The number of hydrogen-bond acceptors (Lipinski definition) is 6. The van der Waals surface area contributed by atoms with Crippen molar-refractivity contribution in [3.63, 3.8) is 0 Å². The number of esters is 1. The summed E-state index contributed by atoms with van der Waals surface area (Å²) in [6.07, 6.45) is 1.47. The van der Waals surface area contributed by atoms with Crippen molar-refractivity contribution >= 4 is 17.8 Å². The molecule has 25 heavy (non-hydrogen) atoms. The normalized spacial score (nSPS) is 12.6. The van der Waals surface area contributed by atoms with Gasteiger partial charge in [0.15, 0.2) is 17.3 Å². The quantitative estimate of drug-likeness (QED) is 0.274. The molecule has 0 saturated carbocycles. The van der Waals surface area contributed by atoms with Crippen molar-refractivity contribution in [2.75, 3.05) is 21.0 Å². The molecule has 3 rings (SSSR count). The Morgan fingerprint density at radius 3 is 2.60 bits per heavy atom. The molecular weight excluding hydrogens is 324 g/mol. The molecule has 0 N–H and O–H groups in total. The number of carbonyl (C=O) groups excluding carboxylic acids is 2. The minimum absolute atomic E-state index is 0.0883. The van der Waals surface area contributed by atoms with Gasteiger partial charge in [0, 0.05) is 5.56 Å². The molecule has 1 aliphatic heterocycles. The lowest BCUT2D eigenvalue weighted by Gasteiger charge is -2.07. The minimum Gasteiger partial charge on any atom is -0.497 e. The molecule has 2 aromatic carbocycles. The fourth-order valence-corrected chi connectivity index (χ4v) is 2.42. The molecule has 6 heteroatoms. The number of methoxy groups -OCH3 is 2. The van der Waals surface area contributed by atoms with Crippen LogP contribution < -0.4 is 14.2 Å². The zero-order valence-corrected chi connectivity index (χ0v) is 13.8. The predicted octanol–water partition coefficient (Wildman–Crippen LogP) is 2.86. The first-order chi connectivity index (χ1) is 12.1. The van der Waals surface area contributed by atoms with Crippen LogP contribution in [0.5, 0.6) is 17.2 Å². The Balaban J connectivity index is 1.99. The van der Waals surface area contributed by atoms with E-state index in [0.29, 0.717) is 28.4 Å². The van der Waals surface area contributed by atoms with Gasteiger partial charge in [0.1, 0.15) is 11.3 Å². The highest BCUT2D eigenvalue weighted by Gasteiger charge is 2.23. The van der Waals surface area contributed by atoms with Gasteiger partial charge in [-0.05, 0) is 42.0 Å². The lowest BCUT2D eigenvalue weighted by Crippen LogP contribution is -2.14. The molecule has 1 heterocycles. The number of hydrogen-bond donors (Lipinski definition) is 0. The lowest BCUT2D eigenvalue weighted by molar-refractivity contribution is -0.135. The number of rotatable bonds is 5. The zero-order chi connectivity index (χ0) is 17.8. The van der Waals surface area contributed by atoms with Crippen LogP contribution in [-0.4, -0.2) is 32.8 Å². The van der Waals surface area contributed by atoms with Crippen LogP contribution in [0, 0.1) is 0 Å². The predicted molar refractivity (Wildman–Crippen MR) is 89.9 cm³/mol. The van der Waals surface area contributed by atoms with Crippen LogP contribution in [0.4, 0.5) is 0 Å². The molecular formula is C19H16O6. The SMILES string of the molecule is COC(=O)/C(=C\c1cccc(OC)c1)C(=O)c1ccc2c(c1)OCO2. The Morgan fingerprint density at radius 1 is 1.04 bits per heavy atom. The Bertz CT molecular complexity index is 853. The smallest absolute Gasteiger partial charge is 0.341 e. The summed E-state index contributed by atoms with van der Waals surface area (Å²) in [6, 6.07) is 11.8. The molecule has 0 aliphatic carbocycles. The van der Waals surface area contributed by atoms with E-state index in [2.05, 4.69) is 0 Å². The van der Waals surface area contributed by atoms with Crippen LogP contribution >= 0.6 is 0 Å². The van der Waals surface area contributed by atoms with Crippen LogP contribution in [0.2, 0.25) is 0 Å². The fraction of sp³-hybridized carbons (Fsp3) is 0.158. The van der Waals surface area contributed by atoms with E-state index < -0.39 is 11.8 Å². The van der Waals surface area contributed by atoms with E-state index in [1.165, 1.54) is 13.2 Å². The molecule has 0 aromatic heterocycles. The monoisotopic (exact) mass is 340 g/mol. The third-order valence-corrected chi connectivity index (χ3v) is 3.69. The second kappa shape index (κ2) is 7.09. The number of Topliss-reactive ketones (excluding diaryl/α,β-unsaturated/α-hetero) is 1. The second-order valence-electron chi connectivity index (χ2n) is 5.22. The Labute approximate surface area is 144 Å². The van der Waals surface area contributed by atoms with Crippen LogP contribution in [-0.2, 0) is 9.53 Å². The summed E-state index contributed by atoms with van der Waals surface area (Å²) in [4.78, 5) is 24.9. The first kappa shape index (κ1) is 16.6. The van der Waals surface area contributed by atoms with Gasteiger partial charge in [-0.3, -0.25) is 4.79 Å². The van der Waals surface area contributed by atoms with Crippen molar-refractivity contribution < 1.29 is 28.5 Å². The van der Waals surface area contributed by atoms with Gasteiger partial charge in [0.2, 0.25) is 6.79 Å². The van der Waals surface area contributed by atoms with Crippen LogP contribution in [0.15, 0.2) is 48.0 Å².